The van der Waals surface area contributed by atoms with Crippen molar-refractivity contribution in [2.45, 2.75) is 32.2 Å². The van der Waals surface area contributed by atoms with Gasteiger partial charge in [-0.15, -0.1) is 0 Å². The van der Waals surface area contributed by atoms with Crippen molar-refractivity contribution in [3.63, 3.8) is 0 Å². The molecule has 2 rings (SSSR count). The zero-order valence-corrected chi connectivity index (χ0v) is 10.8. The van der Waals surface area contributed by atoms with Crippen LogP contribution in [0.3, 0.4) is 0 Å². The summed E-state index contributed by atoms with van der Waals surface area (Å²) in [6.07, 6.45) is 4.97. The zero-order valence-electron chi connectivity index (χ0n) is 10.8. The van der Waals surface area contributed by atoms with Crippen molar-refractivity contribution in [2.24, 2.45) is 5.92 Å². The van der Waals surface area contributed by atoms with Crippen molar-refractivity contribution in [3.8, 4) is 0 Å². The SMILES string of the molecule is COC(=O)c1cc(N)cnc1NC1CCC(C)C1. The molecule has 98 valence electrons. The van der Waals surface area contributed by atoms with E-state index in [0.717, 1.165) is 18.8 Å². The third kappa shape index (κ3) is 2.72. The fraction of sp³-hybridized carbons (Fsp3) is 0.538. The Bertz CT molecular complexity index is 448. The summed E-state index contributed by atoms with van der Waals surface area (Å²) in [4.78, 5) is 15.9. The molecular formula is C13H19N3O2. The maximum Gasteiger partial charge on any atom is 0.341 e. The van der Waals surface area contributed by atoms with Gasteiger partial charge >= 0.3 is 5.97 Å². The number of ether oxygens (including phenoxy) is 1. The number of pyridine rings is 1. The normalized spacial score (nSPS) is 22.8. The maximum atomic E-state index is 11.7. The maximum absolute atomic E-state index is 11.7. The van der Waals surface area contributed by atoms with E-state index in [9.17, 15) is 4.79 Å². The van der Waals surface area contributed by atoms with Gasteiger partial charge in [0.1, 0.15) is 11.4 Å². The molecule has 1 heterocycles. The number of nitrogens with zero attached hydrogens (tertiary/aromatic N) is 1. The fourth-order valence-electron chi connectivity index (χ4n) is 2.39. The molecule has 0 radical (unpaired) electrons. The lowest BCUT2D eigenvalue weighted by Gasteiger charge is -2.15. The first-order valence-corrected chi connectivity index (χ1v) is 6.20. The Morgan fingerprint density at radius 2 is 2.33 bits per heavy atom. The minimum Gasteiger partial charge on any atom is -0.465 e. The highest BCUT2D eigenvalue weighted by molar-refractivity contribution is 5.95. The lowest BCUT2D eigenvalue weighted by atomic mass is 10.1. The third-order valence-corrected chi connectivity index (χ3v) is 3.35. The highest BCUT2D eigenvalue weighted by atomic mass is 16.5. The molecule has 0 bridgehead atoms. The van der Waals surface area contributed by atoms with Gasteiger partial charge < -0.3 is 15.8 Å². The summed E-state index contributed by atoms with van der Waals surface area (Å²) < 4.78 is 4.74. The molecule has 2 unspecified atom stereocenters. The summed E-state index contributed by atoms with van der Waals surface area (Å²) in [7, 11) is 1.35. The lowest BCUT2D eigenvalue weighted by molar-refractivity contribution is 0.0601. The van der Waals surface area contributed by atoms with Gasteiger partial charge in [0.05, 0.1) is 19.0 Å². The molecule has 1 aliphatic rings. The van der Waals surface area contributed by atoms with Crippen molar-refractivity contribution in [3.05, 3.63) is 17.8 Å². The first-order chi connectivity index (χ1) is 8.60. The number of esters is 1. The van der Waals surface area contributed by atoms with Gasteiger partial charge in [0.2, 0.25) is 0 Å². The quantitative estimate of drug-likeness (QED) is 0.802. The van der Waals surface area contributed by atoms with Crippen LogP contribution < -0.4 is 11.1 Å². The standard InChI is InChI=1S/C13H19N3O2/c1-8-3-4-10(5-8)16-12-11(13(17)18-2)6-9(14)7-15-12/h6-8,10H,3-5,14H2,1-2H3,(H,15,16). The number of carbonyl (C=O) groups is 1. The predicted octanol–water partition coefficient (Wildman–Crippen LogP) is 2.05. The van der Waals surface area contributed by atoms with Gasteiger partial charge in [-0.25, -0.2) is 9.78 Å². The van der Waals surface area contributed by atoms with Gasteiger partial charge in [0.15, 0.2) is 0 Å². The minimum absolute atomic E-state index is 0.375. The number of hydrogen-bond donors (Lipinski definition) is 2. The Morgan fingerprint density at radius 3 is 2.94 bits per heavy atom. The summed E-state index contributed by atoms with van der Waals surface area (Å²) >= 11 is 0. The van der Waals surface area contributed by atoms with Crippen LogP contribution in [0.2, 0.25) is 0 Å². The number of hydrogen-bond acceptors (Lipinski definition) is 5. The predicted molar refractivity (Wildman–Crippen MR) is 70.4 cm³/mol. The van der Waals surface area contributed by atoms with Crippen molar-refractivity contribution >= 4 is 17.5 Å². The molecule has 0 aromatic carbocycles. The second-order valence-corrected chi connectivity index (χ2v) is 4.92. The van der Waals surface area contributed by atoms with E-state index >= 15 is 0 Å². The number of nitrogens with one attached hydrogen (secondary N) is 1. The van der Waals surface area contributed by atoms with Crippen LogP contribution >= 0.6 is 0 Å². The molecule has 18 heavy (non-hydrogen) atoms. The number of carbonyl (C=O) groups excluding carboxylic acids is 1. The molecule has 5 heteroatoms. The molecule has 1 fully saturated rings. The van der Waals surface area contributed by atoms with Gasteiger partial charge in [-0.1, -0.05) is 6.92 Å². The molecule has 1 aromatic rings. The molecule has 1 aliphatic carbocycles. The van der Waals surface area contributed by atoms with Crippen LogP contribution in [0.1, 0.15) is 36.5 Å². The molecule has 1 aromatic heterocycles. The van der Waals surface area contributed by atoms with Crippen LogP contribution in [-0.2, 0) is 4.74 Å². The Balaban J connectivity index is 2.18. The van der Waals surface area contributed by atoms with E-state index in [1.165, 1.54) is 13.5 Å². The van der Waals surface area contributed by atoms with E-state index in [1.54, 1.807) is 12.3 Å². The largest absolute Gasteiger partial charge is 0.465 e. The number of rotatable bonds is 3. The van der Waals surface area contributed by atoms with Crippen LogP contribution in [0.4, 0.5) is 11.5 Å². The Morgan fingerprint density at radius 1 is 1.56 bits per heavy atom. The van der Waals surface area contributed by atoms with Crippen LogP contribution in [-0.4, -0.2) is 24.1 Å². The van der Waals surface area contributed by atoms with E-state index in [2.05, 4.69) is 17.2 Å². The zero-order chi connectivity index (χ0) is 13.1. The number of nitrogen functional groups attached to an aromatic ring is 1. The van der Waals surface area contributed by atoms with Crippen LogP contribution in [0.5, 0.6) is 0 Å². The summed E-state index contributed by atoms with van der Waals surface area (Å²) in [5.74, 6) is 0.872. The van der Waals surface area contributed by atoms with Crippen LogP contribution in [0.25, 0.3) is 0 Å². The topological polar surface area (TPSA) is 77.2 Å². The number of anilines is 2. The summed E-state index contributed by atoms with van der Waals surface area (Å²) in [6.45, 7) is 2.24. The minimum atomic E-state index is -0.414. The van der Waals surface area contributed by atoms with Gasteiger partial charge in [-0.3, -0.25) is 0 Å². The smallest absolute Gasteiger partial charge is 0.341 e. The molecule has 2 atom stereocenters. The third-order valence-electron chi connectivity index (χ3n) is 3.35. The summed E-state index contributed by atoms with van der Waals surface area (Å²) in [5.41, 5.74) is 6.51. The van der Waals surface area contributed by atoms with Gasteiger partial charge in [0, 0.05) is 6.04 Å². The van der Waals surface area contributed by atoms with Crippen molar-refractivity contribution in [1.82, 2.24) is 4.98 Å². The fourth-order valence-corrected chi connectivity index (χ4v) is 2.39. The Hall–Kier alpha value is -1.78. The summed E-state index contributed by atoms with van der Waals surface area (Å²) in [6, 6.07) is 1.97. The molecule has 0 saturated heterocycles. The second kappa shape index (κ2) is 5.25. The van der Waals surface area contributed by atoms with Gasteiger partial charge in [-0.2, -0.15) is 0 Å². The van der Waals surface area contributed by atoms with E-state index in [0.29, 0.717) is 23.1 Å². The highest BCUT2D eigenvalue weighted by Gasteiger charge is 2.23. The first-order valence-electron chi connectivity index (χ1n) is 6.20. The lowest BCUT2D eigenvalue weighted by Crippen LogP contribution is -2.19. The van der Waals surface area contributed by atoms with Crippen molar-refractivity contribution < 1.29 is 9.53 Å². The van der Waals surface area contributed by atoms with E-state index in [1.807, 2.05) is 0 Å². The van der Waals surface area contributed by atoms with Crippen molar-refractivity contribution in [1.29, 1.82) is 0 Å². The number of methoxy groups -OCH3 is 1. The summed E-state index contributed by atoms with van der Waals surface area (Å²) in [5, 5.41) is 3.31. The first kappa shape index (κ1) is 12.7. The van der Waals surface area contributed by atoms with Crippen LogP contribution in [0, 0.1) is 5.92 Å². The average molecular weight is 249 g/mol. The van der Waals surface area contributed by atoms with Gasteiger partial charge in [0.25, 0.3) is 0 Å². The molecule has 1 saturated carbocycles. The Kier molecular flexibility index (Phi) is 3.69. The Labute approximate surface area is 107 Å². The van der Waals surface area contributed by atoms with Crippen LogP contribution in [0.15, 0.2) is 12.3 Å². The molecular weight excluding hydrogens is 230 g/mol. The van der Waals surface area contributed by atoms with E-state index in [-0.39, 0.29) is 0 Å². The molecule has 0 spiro atoms. The van der Waals surface area contributed by atoms with E-state index in [4.69, 9.17) is 10.5 Å². The molecule has 5 nitrogen and oxygen atoms in total. The monoisotopic (exact) mass is 249 g/mol. The van der Waals surface area contributed by atoms with Crippen molar-refractivity contribution in [2.75, 3.05) is 18.2 Å². The second-order valence-electron chi connectivity index (χ2n) is 4.92. The molecule has 0 amide bonds. The van der Waals surface area contributed by atoms with E-state index < -0.39 is 5.97 Å². The average Bonchev–Trinajstić information content (AvgIpc) is 2.76. The highest BCUT2D eigenvalue weighted by Crippen LogP contribution is 2.28. The van der Waals surface area contributed by atoms with Gasteiger partial charge in [-0.05, 0) is 31.2 Å². The molecule has 3 N–H and O–H groups in total. The molecule has 0 aliphatic heterocycles. The number of nitrogens with two attached hydrogens (primary N) is 1. The number of aromatic nitrogens is 1.